The van der Waals surface area contributed by atoms with E-state index in [1.54, 1.807) is 30.5 Å². The van der Waals surface area contributed by atoms with Gasteiger partial charge >= 0.3 is 0 Å². The summed E-state index contributed by atoms with van der Waals surface area (Å²) < 4.78 is 30.8. The molecule has 0 unspecified atom stereocenters. The van der Waals surface area contributed by atoms with E-state index in [1.165, 1.54) is 27.3 Å². The van der Waals surface area contributed by atoms with Gasteiger partial charge in [-0.15, -0.1) is 0 Å². The van der Waals surface area contributed by atoms with E-state index in [9.17, 15) is 13.2 Å². The van der Waals surface area contributed by atoms with Crippen molar-refractivity contribution in [1.82, 2.24) is 9.29 Å². The zero-order valence-electron chi connectivity index (χ0n) is 13.2. The van der Waals surface area contributed by atoms with Crippen molar-refractivity contribution < 1.29 is 13.2 Å². The van der Waals surface area contributed by atoms with Crippen LogP contribution in [0.15, 0.2) is 46.2 Å². The van der Waals surface area contributed by atoms with Gasteiger partial charge in [-0.25, -0.2) is 12.7 Å². The van der Waals surface area contributed by atoms with Crippen molar-refractivity contribution in [1.29, 1.82) is 0 Å². The van der Waals surface area contributed by atoms with Crippen LogP contribution >= 0.6 is 0 Å². The lowest BCUT2D eigenvalue weighted by Gasteiger charge is -2.16. The highest BCUT2D eigenvalue weighted by Gasteiger charge is 2.22. The quantitative estimate of drug-likeness (QED) is 0.828. The summed E-state index contributed by atoms with van der Waals surface area (Å²) in [7, 11) is 0.750. The molecule has 23 heavy (non-hydrogen) atoms. The van der Waals surface area contributed by atoms with Gasteiger partial charge in [0.25, 0.3) is 5.56 Å². The number of aromatic nitrogens is 1. The number of pyridine rings is 1. The van der Waals surface area contributed by atoms with E-state index in [-0.39, 0.29) is 16.2 Å². The van der Waals surface area contributed by atoms with Crippen molar-refractivity contribution in [3.05, 3.63) is 52.4 Å². The van der Waals surface area contributed by atoms with Crippen LogP contribution in [0.2, 0.25) is 0 Å². The zero-order valence-corrected chi connectivity index (χ0v) is 14.0. The molecule has 8 heteroatoms. The average molecular weight is 337 g/mol. The van der Waals surface area contributed by atoms with Gasteiger partial charge in [-0.1, -0.05) is 6.07 Å². The Morgan fingerprint density at radius 1 is 1.26 bits per heavy atom. The van der Waals surface area contributed by atoms with Crippen molar-refractivity contribution in [2.75, 3.05) is 26.5 Å². The first kappa shape index (κ1) is 17.0. The first-order valence-electron chi connectivity index (χ1n) is 6.87. The Bertz CT molecular complexity index is 844. The maximum Gasteiger partial charge on any atom is 0.252 e. The topological polar surface area (TPSA) is 91.5 Å². The number of anilines is 1. The first-order chi connectivity index (χ1) is 10.9. The van der Waals surface area contributed by atoms with Crippen LogP contribution in [0.5, 0.6) is 5.75 Å². The highest BCUT2D eigenvalue weighted by molar-refractivity contribution is 7.89. The van der Waals surface area contributed by atoms with Gasteiger partial charge in [0.1, 0.15) is 10.6 Å². The van der Waals surface area contributed by atoms with Crippen LogP contribution < -0.4 is 15.6 Å². The van der Waals surface area contributed by atoms with Crippen molar-refractivity contribution >= 4 is 15.7 Å². The lowest BCUT2D eigenvalue weighted by Crippen LogP contribution is -2.22. The van der Waals surface area contributed by atoms with Gasteiger partial charge < -0.3 is 15.0 Å². The van der Waals surface area contributed by atoms with Crippen LogP contribution in [-0.2, 0) is 16.6 Å². The monoisotopic (exact) mass is 337 g/mol. The second-order valence-corrected chi connectivity index (χ2v) is 7.15. The molecule has 124 valence electrons. The fourth-order valence-electron chi connectivity index (χ4n) is 1.98. The number of nitrogens with one attached hydrogen (secondary N) is 2. The minimum Gasteiger partial charge on any atom is -0.495 e. The molecule has 1 heterocycles. The molecule has 0 saturated heterocycles. The largest absolute Gasteiger partial charge is 0.495 e. The molecule has 0 radical (unpaired) electrons. The summed E-state index contributed by atoms with van der Waals surface area (Å²) in [6.07, 6.45) is 1.57. The molecule has 0 aliphatic rings. The Hall–Kier alpha value is -2.32. The summed E-state index contributed by atoms with van der Waals surface area (Å²) in [6.45, 7) is 0.319. The molecule has 2 N–H and O–H groups in total. The summed E-state index contributed by atoms with van der Waals surface area (Å²) in [5.74, 6) is 0.241. The number of sulfonamides is 1. The predicted octanol–water partition coefficient (Wildman–Crippen LogP) is 1.25. The Morgan fingerprint density at radius 2 is 2.00 bits per heavy atom. The lowest BCUT2D eigenvalue weighted by molar-refractivity contribution is 0.400. The Morgan fingerprint density at radius 3 is 2.61 bits per heavy atom. The number of nitrogens with zero attached hydrogens (tertiary/aromatic N) is 1. The van der Waals surface area contributed by atoms with Gasteiger partial charge in [-0.3, -0.25) is 4.79 Å². The smallest absolute Gasteiger partial charge is 0.252 e. The van der Waals surface area contributed by atoms with Crippen LogP contribution in [0.4, 0.5) is 5.69 Å². The van der Waals surface area contributed by atoms with Crippen LogP contribution in [0, 0.1) is 0 Å². The Kier molecular flexibility index (Phi) is 5.07. The van der Waals surface area contributed by atoms with E-state index in [1.807, 2.05) is 0 Å². The number of hydrogen-bond donors (Lipinski definition) is 2. The second kappa shape index (κ2) is 6.84. The summed E-state index contributed by atoms with van der Waals surface area (Å²) in [6, 6.07) is 8.16. The van der Waals surface area contributed by atoms with E-state index in [4.69, 9.17) is 4.74 Å². The van der Waals surface area contributed by atoms with E-state index >= 15 is 0 Å². The highest BCUT2D eigenvalue weighted by atomic mass is 32.2. The van der Waals surface area contributed by atoms with E-state index < -0.39 is 10.0 Å². The molecule has 2 aromatic rings. The molecule has 0 atom stereocenters. The van der Waals surface area contributed by atoms with Crippen LogP contribution in [-0.4, -0.2) is 38.9 Å². The molecule has 0 aliphatic carbocycles. The zero-order chi connectivity index (χ0) is 17.0. The third kappa shape index (κ3) is 3.72. The van der Waals surface area contributed by atoms with Crippen molar-refractivity contribution in [2.45, 2.75) is 11.4 Å². The van der Waals surface area contributed by atoms with Gasteiger partial charge in [0.05, 0.1) is 7.11 Å². The Labute approximate surface area is 135 Å². The maximum atomic E-state index is 12.2. The summed E-state index contributed by atoms with van der Waals surface area (Å²) >= 11 is 0. The standard InChI is InChI=1S/C15H19N3O4S/c1-18(2)23(20,21)14-7-6-12(9-13(14)22-3)17-10-11-5-4-8-16-15(11)19/h4-9,17H,10H2,1-3H3,(H,16,19). The van der Waals surface area contributed by atoms with E-state index in [0.717, 1.165) is 4.31 Å². The molecule has 0 aliphatic heterocycles. The summed E-state index contributed by atoms with van der Waals surface area (Å²) in [4.78, 5) is 14.3. The minimum atomic E-state index is -3.58. The minimum absolute atomic E-state index is 0.0908. The van der Waals surface area contributed by atoms with Crippen molar-refractivity contribution in [3.63, 3.8) is 0 Å². The number of hydrogen-bond acceptors (Lipinski definition) is 5. The molecule has 0 amide bonds. The molecule has 1 aromatic carbocycles. The molecule has 0 spiro atoms. The van der Waals surface area contributed by atoms with E-state index in [0.29, 0.717) is 17.8 Å². The number of H-pyrrole nitrogens is 1. The highest BCUT2D eigenvalue weighted by Crippen LogP contribution is 2.28. The number of ether oxygens (including phenoxy) is 1. The van der Waals surface area contributed by atoms with E-state index in [2.05, 4.69) is 10.3 Å². The fourth-order valence-corrected chi connectivity index (χ4v) is 3.01. The lowest BCUT2D eigenvalue weighted by atomic mass is 10.2. The number of methoxy groups -OCH3 is 1. The van der Waals surface area contributed by atoms with Gasteiger partial charge in [-0.2, -0.15) is 0 Å². The van der Waals surface area contributed by atoms with Crippen LogP contribution in [0.3, 0.4) is 0 Å². The number of aromatic amines is 1. The summed E-state index contributed by atoms with van der Waals surface area (Å²) in [5.41, 5.74) is 1.07. The van der Waals surface area contributed by atoms with Gasteiger partial charge in [0.2, 0.25) is 10.0 Å². The first-order valence-corrected chi connectivity index (χ1v) is 8.31. The molecule has 7 nitrogen and oxygen atoms in total. The molecule has 0 saturated carbocycles. The van der Waals surface area contributed by atoms with Gasteiger partial charge in [0.15, 0.2) is 0 Å². The normalized spacial score (nSPS) is 11.5. The number of rotatable bonds is 6. The second-order valence-electron chi connectivity index (χ2n) is 5.03. The third-order valence-corrected chi connectivity index (χ3v) is 5.16. The molecule has 0 fully saturated rings. The van der Waals surface area contributed by atoms with Crippen LogP contribution in [0.1, 0.15) is 5.56 Å². The predicted molar refractivity (Wildman–Crippen MR) is 88.3 cm³/mol. The van der Waals surface area contributed by atoms with Crippen molar-refractivity contribution in [2.24, 2.45) is 0 Å². The summed E-state index contributed by atoms with van der Waals surface area (Å²) in [5, 5.41) is 3.08. The Balaban J connectivity index is 2.26. The molecule has 1 aromatic heterocycles. The molecule has 0 bridgehead atoms. The fraction of sp³-hybridized carbons (Fsp3) is 0.267. The average Bonchev–Trinajstić information content (AvgIpc) is 2.53. The molecular weight excluding hydrogens is 318 g/mol. The van der Waals surface area contributed by atoms with Gasteiger partial charge in [0, 0.05) is 44.2 Å². The number of benzene rings is 1. The SMILES string of the molecule is COc1cc(NCc2ccc[nH]c2=O)ccc1S(=O)(=O)N(C)C. The third-order valence-electron chi connectivity index (χ3n) is 3.30. The van der Waals surface area contributed by atoms with Crippen molar-refractivity contribution in [3.8, 4) is 5.75 Å². The maximum absolute atomic E-state index is 12.2. The van der Waals surface area contributed by atoms with Crippen LogP contribution in [0.25, 0.3) is 0 Å². The van der Waals surface area contributed by atoms with Gasteiger partial charge in [-0.05, 0) is 18.2 Å². The molecular formula is C15H19N3O4S. The molecule has 2 rings (SSSR count).